The van der Waals surface area contributed by atoms with Crippen LogP contribution in [0.1, 0.15) is 78.7 Å². The van der Waals surface area contributed by atoms with Crippen molar-refractivity contribution < 1.29 is 22.7 Å². The average molecular weight is 583 g/mol. The number of nitrogens with one attached hydrogen (secondary N) is 1. The van der Waals surface area contributed by atoms with Gasteiger partial charge in [0.15, 0.2) is 5.65 Å². The molecule has 41 heavy (non-hydrogen) atoms. The quantitative estimate of drug-likeness (QED) is 0.424. The second kappa shape index (κ2) is 11.7. The Morgan fingerprint density at radius 1 is 1.10 bits per heavy atom. The van der Waals surface area contributed by atoms with Gasteiger partial charge in [0.1, 0.15) is 5.69 Å². The van der Waals surface area contributed by atoms with Crippen molar-refractivity contribution in [2.75, 3.05) is 51.2 Å². The number of hydrogen-bond acceptors (Lipinski definition) is 9. The first kappa shape index (κ1) is 28.0. The molecule has 1 aliphatic carbocycles. The van der Waals surface area contributed by atoms with Crippen molar-refractivity contribution in [2.45, 2.75) is 56.8 Å². The molecule has 12 heteroatoms. The van der Waals surface area contributed by atoms with Gasteiger partial charge in [0.05, 0.1) is 28.7 Å². The molecule has 2 aliphatic heterocycles. The lowest BCUT2D eigenvalue weighted by Gasteiger charge is -2.34. The number of carbonyl (C=O) groups is 1. The summed E-state index contributed by atoms with van der Waals surface area (Å²) >= 11 is 0. The third kappa shape index (κ3) is 5.96. The van der Waals surface area contributed by atoms with Crippen LogP contribution in [0, 0.1) is 5.92 Å². The number of nitrogens with zero attached hydrogens (tertiary/aromatic N) is 5. The molecule has 1 saturated carbocycles. The van der Waals surface area contributed by atoms with Gasteiger partial charge in [0.2, 0.25) is 10.0 Å². The number of amides is 1. The first-order valence-electron chi connectivity index (χ1n) is 14.5. The van der Waals surface area contributed by atoms with Crippen LogP contribution in [-0.4, -0.2) is 80.3 Å². The van der Waals surface area contributed by atoms with E-state index < -0.39 is 15.9 Å². The molecule has 0 radical (unpaired) electrons. The number of anilines is 1. The number of piperidine rings is 1. The number of rotatable bonds is 8. The smallest absolute Gasteiger partial charge is 0.283 e. The van der Waals surface area contributed by atoms with E-state index in [0.29, 0.717) is 23.4 Å². The van der Waals surface area contributed by atoms with E-state index in [-0.39, 0.29) is 5.69 Å². The molecule has 0 spiro atoms. The van der Waals surface area contributed by atoms with Gasteiger partial charge in [-0.3, -0.25) is 9.78 Å². The lowest BCUT2D eigenvalue weighted by atomic mass is 9.82. The third-order valence-electron chi connectivity index (χ3n) is 8.65. The molecule has 6 rings (SSSR count). The van der Waals surface area contributed by atoms with Crippen molar-refractivity contribution >= 4 is 32.7 Å². The van der Waals surface area contributed by atoms with Crippen molar-refractivity contribution in [3.05, 3.63) is 41.5 Å². The fraction of sp³-hybridized carbons (Fsp3) is 0.586. The number of fused-ring (bicyclic) bond motifs is 1. The number of hydrogen-bond donors (Lipinski definition) is 1. The largest absolute Gasteiger partial charge is 0.384 e. The minimum Gasteiger partial charge on any atom is -0.384 e. The Morgan fingerprint density at radius 2 is 1.85 bits per heavy atom. The molecule has 3 aromatic heterocycles. The van der Waals surface area contributed by atoms with E-state index in [9.17, 15) is 13.2 Å². The first-order valence-corrected chi connectivity index (χ1v) is 16.4. The van der Waals surface area contributed by atoms with Crippen LogP contribution < -0.4 is 9.62 Å². The van der Waals surface area contributed by atoms with E-state index in [1.54, 1.807) is 19.4 Å². The number of aromatic nitrogens is 4. The van der Waals surface area contributed by atoms with Crippen LogP contribution in [-0.2, 0) is 19.5 Å². The van der Waals surface area contributed by atoms with Gasteiger partial charge in [-0.15, -0.1) is 0 Å². The lowest BCUT2D eigenvalue weighted by Crippen LogP contribution is -2.36. The molecule has 3 aliphatic rings. The molecule has 0 bridgehead atoms. The van der Waals surface area contributed by atoms with Crippen LogP contribution in [0.25, 0.3) is 16.7 Å². The SMILES string of the molecule is COCC1CCN(c2cc(C(=O)NS(C)(=O)=O)nc3c2c(C2CCC2)nn3-c2ccnc(C3CCOCC3)c2)CC1. The Hall–Kier alpha value is -3.09. The van der Waals surface area contributed by atoms with Crippen molar-refractivity contribution in [1.82, 2.24) is 24.5 Å². The fourth-order valence-electron chi connectivity index (χ4n) is 6.22. The second-order valence-electron chi connectivity index (χ2n) is 11.6. The highest BCUT2D eigenvalue weighted by atomic mass is 32.2. The van der Waals surface area contributed by atoms with Gasteiger partial charge >= 0.3 is 0 Å². The summed E-state index contributed by atoms with van der Waals surface area (Å²) in [7, 11) is -2.03. The molecule has 1 N–H and O–H groups in total. The molecule has 5 heterocycles. The Labute approximate surface area is 240 Å². The molecule has 2 saturated heterocycles. The van der Waals surface area contributed by atoms with Gasteiger partial charge in [0, 0.05) is 63.7 Å². The van der Waals surface area contributed by atoms with Gasteiger partial charge in [-0.05, 0) is 62.6 Å². The number of pyridine rings is 2. The summed E-state index contributed by atoms with van der Waals surface area (Å²) in [4.78, 5) is 24.9. The average Bonchev–Trinajstić information content (AvgIpc) is 3.31. The van der Waals surface area contributed by atoms with Gasteiger partial charge < -0.3 is 14.4 Å². The zero-order valence-electron chi connectivity index (χ0n) is 23.7. The molecule has 3 aromatic rings. The van der Waals surface area contributed by atoms with Crippen LogP contribution in [0.15, 0.2) is 24.4 Å². The van der Waals surface area contributed by atoms with E-state index in [1.165, 1.54) is 0 Å². The summed E-state index contributed by atoms with van der Waals surface area (Å²) in [5.74, 6) is 0.360. The predicted molar refractivity (Wildman–Crippen MR) is 155 cm³/mol. The molecule has 220 valence electrons. The summed E-state index contributed by atoms with van der Waals surface area (Å²) < 4.78 is 38.8. The molecule has 3 fully saturated rings. The van der Waals surface area contributed by atoms with Gasteiger partial charge in [-0.2, -0.15) is 5.10 Å². The topological polar surface area (TPSA) is 129 Å². The van der Waals surface area contributed by atoms with E-state index >= 15 is 0 Å². The minimum absolute atomic E-state index is 0.0527. The zero-order valence-corrected chi connectivity index (χ0v) is 24.5. The number of methoxy groups -OCH3 is 1. The highest BCUT2D eigenvalue weighted by molar-refractivity contribution is 7.89. The third-order valence-corrected chi connectivity index (χ3v) is 9.21. The van der Waals surface area contributed by atoms with Crippen molar-refractivity contribution in [3.8, 4) is 5.69 Å². The standard InChI is InChI=1S/C29H38N6O5S/c1-39-18-19-7-12-34(13-8-19)25-17-24(29(36)33-41(2,37)38)31-28-26(25)27(21-4-3-5-21)32-35(28)22-6-11-30-23(16-22)20-9-14-40-15-10-20/h6,11,16-17,19-21H,3-5,7-10,12-15,18H2,1-2H3,(H,33,36). The van der Waals surface area contributed by atoms with Gasteiger partial charge in [-0.1, -0.05) is 6.42 Å². The van der Waals surface area contributed by atoms with E-state index in [2.05, 4.69) is 20.7 Å². The monoisotopic (exact) mass is 582 g/mol. The molecule has 0 aromatic carbocycles. The molecule has 1 amide bonds. The van der Waals surface area contributed by atoms with Crippen LogP contribution in [0.2, 0.25) is 0 Å². The highest BCUT2D eigenvalue weighted by Crippen LogP contribution is 2.43. The Bertz CT molecular complexity index is 1520. The van der Waals surface area contributed by atoms with Gasteiger partial charge in [-0.25, -0.2) is 22.8 Å². The van der Waals surface area contributed by atoms with Crippen LogP contribution in [0.5, 0.6) is 0 Å². The van der Waals surface area contributed by atoms with Crippen LogP contribution in [0.4, 0.5) is 5.69 Å². The molecular formula is C29H38N6O5S. The summed E-state index contributed by atoms with van der Waals surface area (Å²) in [6, 6.07) is 5.72. The number of sulfonamides is 1. The maximum absolute atomic E-state index is 13.2. The van der Waals surface area contributed by atoms with Crippen LogP contribution in [0.3, 0.4) is 0 Å². The summed E-state index contributed by atoms with van der Waals surface area (Å²) in [6.07, 6.45) is 9.81. The molecular weight excluding hydrogens is 544 g/mol. The van der Waals surface area contributed by atoms with Gasteiger partial charge in [0.25, 0.3) is 5.91 Å². The Balaban J connectivity index is 1.50. The predicted octanol–water partition coefficient (Wildman–Crippen LogP) is 3.53. The zero-order chi connectivity index (χ0) is 28.6. The fourth-order valence-corrected chi connectivity index (χ4v) is 6.66. The van der Waals surface area contributed by atoms with E-state index in [4.69, 9.17) is 19.6 Å². The first-order chi connectivity index (χ1) is 19.8. The molecule has 0 unspecified atom stereocenters. The summed E-state index contributed by atoms with van der Waals surface area (Å²) in [5, 5.41) is 6.09. The maximum atomic E-state index is 13.2. The van der Waals surface area contributed by atoms with Crippen LogP contribution >= 0.6 is 0 Å². The molecule has 11 nitrogen and oxygen atoms in total. The van der Waals surface area contributed by atoms with E-state index in [0.717, 1.165) is 112 Å². The number of carbonyl (C=O) groups excluding carboxylic acids is 1. The molecule has 0 atom stereocenters. The van der Waals surface area contributed by atoms with E-state index in [1.807, 2.05) is 10.7 Å². The lowest BCUT2D eigenvalue weighted by molar-refractivity contribution is 0.0845. The maximum Gasteiger partial charge on any atom is 0.283 e. The Kier molecular flexibility index (Phi) is 7.97. The summed E-state index contributed by atoms with van der Waals surface area (Å²) in [6.45, 7) is 3.78. The second-order valence-corrected chi connectivity index (χ2v) is 13.3. The van der Waals surface area contributed by atoms with Crippen molar-refractivity contribution in [3.63, 3.8) is 0 Å². The van der Waals surface area contributed by atoms with Crippen molar-refractivity contribution in [1.29, 1.82) is 0 Å². The Morgan fingerprint density at radius 3 is 2.51 bits per heavy atom. The normalized spacial score (nSPS) is 19.4. The highest BCUT2D eigenvalue weighted by Gasteiger charge is 2.32. The van der Waals surface area contributed by atoms with Crippen molar-refractivity contribution in [2.24, 2.45) is 5.92 Å². The number of ether oxygens (including phenoxy) is 2. The minimum atomic E-state index is -3.77. The summed E-state index contributed by atoms with van der Waals surface area (Å²) in [5.41, 5.74) is 4.31.